The molecular formula is C30H32ClFN4O3. The van der Waals surface area contributed by atoms with Crippen LogP contribution in [0.25, 0.3) is 6.08 Å². The molecule has 1 fully saturated rings. The van der Waals surface area contributed by atoms with E-state index in [1.165, 1.54) is 18.2 Å². The van der Waals surface area contributed by atoms with Crippen LogP contribution in [0, 0.1) is 11.7 Å². The summed E-state index contributed by atoms with van der Waals surface area (Å²) in [6, 6.07) is 18.8. The highest BCUT2D eigenvalue weighted by Crippen LogP contribution is 2.35. The maximum absolute atomic E-state index is 14.3. The minimum absolute atomic E-state index is 0.0695. The van der Waals surface area contributed by atoms with Crippen LogP contribution in [0.15, 0.2) is 72.8 Å². The van der Waals surface area contributed by atoms with Gasteiger partial charge in [-0.05, 0) is 61.4 Å². The Kier molecular flexibility index (Phi) is 8.70. The zero-order valence-electron chi connectivity index (χ0n) is 21.8. The molecule has 0 aliphatic carbocycles. The standard InChI is InChI=1S/C30H32ClFN4O3/c1-30(2,39)18-36-16-22(23(17-36)29(38)35-26-13-12-21(31)15-24(26)32)20-10-7-19(8-11-20)9-14-28(37)34-27-6-4-3-5-25(27)33/h3-15,22-23,39H,16-18,33H2,1-2H3,(H,34,37)(H,35,38)/b14-9+. The molecule has 3 aromatic rings. The normalized spacial score (nSPS) is 17.9. The molecule has 7 nitrogen and oxygen atoms in total. The summed E-state index contributed by atoms with van der Waals surface area (Å²) in [4.78, 5) is 27.7. The predicted molar refractivity (Wildman–Crippen MR) is 154 cm³/mol. The topological polar surface area (TPSA) is 108 Å². The van der Waals surface area contributed by atoms with Gasteiger partial charge in [0.15, 0.2) is 0 Å². The van der Waals surface area contributed by atoms with Crippen molar-refractivity contribution < 1.29 is 19.1 Å². The van der Waals surface area contributed by atoms with Crippen LogP contribution in [0.4, 0.5) is 21.5 Å². The van der Waals surface area contributed by atoms with Gasteiger partial charge in [-0.15, -0.1) is 0 Å². The van der Waals surface area contributed by atoms with Crippen molar-refractivity contribution in [2.45, 2.75) is 25.4 Å². The van der Waals surface area contributed by atoms with Gasteiger partial charge >= 0.3 is 0 Å². The number of carbonyl (C=O) groups excluding carboxylic acids is 2. The number of rotatable bonds is 8. The number of aliphatic hydroxyl groups is 1. The summed E-state index contributed by atoms with van der Waals surface area (Å²) >= 11 is 5.84. The average molecular weight is 551 g/mol. The van der Waals surface area contributed by atoms with Crippen molar-refractivity contribution in [3.8, 4) is 0 Å². The molecular weight excluding hydrogens is 519 g/mol. The highest BCUT2D eigenvalue weighted by molar-refractivity contribution is 6.30. The van der Waals surface area contributed by atoms with E-state index >= 15 is 0 Å². The summed E-state index contributed by atoms with van der Waals surface area (Å²) in [5.41, 5.74) is 7.78. The molecule has 2 amide bonds. The molecule has 0 saturated carbocycles. The van der Waals surface area contributed by atoms with Crippen LogP contribution < -0.4 is 16.4 Å². The Morgan fingerprint density at radius 3 is 2.46 bits per heavy atom. The second-order valence-corrected chi connectivity index (χ2v) is 10.8. The van der Waals surface area contributed by atoms with Crippen molar-refractivity contribution >= 4 is 46.6 Å². The number of para-hydroxylation sites is 2. The van der Waals surface area contributed by atoms with E-state index in [1.807, 2.05) is 29.2 Å². The highest BCUT2D eigenvalue weighted by Gasteiger charge is 2.40. The average Bonchev–Trinajstić information content (AvgIpc) is 3.28. The Hall–Kier alpha value is -3.72. The molecule has 1 saturated heterocycles. The van der Waals surface area contributed by atoms with Gasteiger partial charge in [0.1, 0.15) is 5.82 Å². The van der Waals surface area contributed by atoms with E-state index in [9.17, 15) is 19.1 Å². The quantitative estimate of drug-likeness (QED) is 0.229. The number of benzene rings is 3. The molecule has 3 aromatic carbocycles. The van der Waals surface area contributed by atoms with Crippen molar-refractivity contribution in [3.05, 3.63) is 94.8 Å². The second kappa shape index (κ2) is 12.0. The minimum atomic E-state index is -0.933. The van der Waals surface area contributed by atoms with Gasteiger partial charge < -0.3 is 21.5 Å². The number of halogens is 2. The van der Waals surface area contributed by atoms with Gasteiger partial charge in [-0.2, -0.15) is 0 Å². The molecule has 2 unspecified atom stereocenters. The number of β-amino-alcohol motifs (C(OH)–C–C–N with tert-alkyl or cyclic N) is 1. The number of carbonyl (C=O) groups is 2. The number of nitrogen functional groups attached to an aromatic ring is 1. The number of amides is 2. The molecule has 5 N–H and O–H groups in total. The van der Waals surface area contributed by atoms with Crippen LogP contribution in [-0.2, 0) is 9.59 Å². The first kappa shape index (κ1) is 28.3. The van der Waals surface area contributed by atoms with Crippen LogP contribution in [-0.4, -0.2) is 47.1 Å². The fourth-order valence-corrected chi connectivity index (χ4v) is 4.95. The summed E-state index contributed by atoms with van der Waals surface area (Å²) in [7, 11) is 0. The SMILES string of the molecule is CC(C)(O)CN1CC(C(=O)Nc2ccc(Cl)cc2F)C(c2ccc(/C=C/C(=O)Nc3ccccc3N)cc2)C1. The Bertz CT molecular complexity index is 1370. The van der Waals surface area contributed by atoms with Gasteiger partial charge in [0.2, 0.25) is 11.8 Å². The molecule has 0 bridgehead atoms. The minimum Gasteiger partial charge on any atom is -0.397 e. The number of likely N-dealkylation sites (tertiary alicyclic amines) is 1. The largest absolute Gasteiger partial charge is 0.397 e. The highest BCUT2D eigenvalue weighted by atomic mass is 35.5. The first-order valence-electron chi connectivity index (χ1n) is 12.6. The van der Waals surface area contributed by atoms with Crippen molar-refractivity contribution in [2.24, 2.45) is 5.92 Å². The molecule has 39 heavy (non-hydrogen) atoms. The lowest BCUT2D eigenvalue weighted by Crippen LogP contribution is -2.38. The van der Waals surface area contributed by atoms with Crippen molar-refractivity contribution in [3.63, 3.8) is 0 Å². The zero-order chi connectivity index (χ0) is 28.2. The maximum Gasteiger partial charge on any atom is 0.248 e. The molecule has 9 heteroatoms. The summed E-state index contributed by atoms with van der Waals surface area (Å²) in [5, 5.41) is 16.1. The number of nitrogens with one attached hydrogen (secondary N) is 2. The van der Waals surface area contributed by atoms with Gasteiger partial charge in [0.25, 0.3) is 0 Å². The van der Waals surface area contributed by atoms with Gasteiger partial charge in [-0.1, -0.05) is 48.0 Å². The third-order valence-corrected chi connectivity index (χ3v) is 6.78. The third kappa shape index (κ3) is 7.66. The molecule has 1 aliphatic heterocycles. The van der Waals surface area contributed by atoms with Crippen LogP contribution in [0.3, 0.4) is 0 Å². The lowest BCUT2D eigenvalue weighted by atomic mass is 9.88. The first-order chi connectivity index (χ1) is 18.5. The molecule has 0 aromatic heterocycles. The summed E-state index contributed by atoms with van der Waals surface area (Å²) in [6.45, 7) is 4.82. The van der Waals surface area contributed by atoms with E-state index in [0.29, 0.717) is 31.0 Å². The molecule has 4 rings (SSSR count). The lowest BCUT2D eigenvalue weighted by Gasteiger charge is -2.25. The number of hydrogen-bond donors (Lipinski definition) is 4. The predicted octanol–water partition coefficient (Wildman–Crippen LogP) is 5.14. The molecule has 1 heterocycles. The fraction of sp³-hybridized carbons (Fsp3) is 0.267. The van der Waals surface area contributed by atoms with Gasteiger partial charge in [-0.25, -0.2) is 4.39 Å². The molecule has 2 atom stereocenters. The van der Waals surface area contributed by atoms with Crippen LogP contribution in [0.2, 0.25) is 5.02 Å². The Labute approximate surface area is 232 Å². The second-order valence-electron chi connectivity index (χ2n) is 10.4. The Balaban J connectivity index is 1.48. The van der Waals surface area contributed by atoms with E-state index < -0.39 is 17.3 Å². The van der Waals surface area contributed by atoms with E-state index in [4.69, 9.17) is 17.3 Å². The fourth-order valence-electron chi connectivity index (χ4n) is 4.79. The maximum atomic E-state index is 14.3. The van der Waals surface area contributed by atoms with Gasteiger partial charge in [-0.3, -0.25) is 14.5 Å². The van der Waals surface area contributed by atoms with Crippen molar-refractivity contribution in [1.29, 1.82) is 0 Å². The van der Waals surface area contributed by atoms with Crippen LogP contribution >= 0.6 is 11.6 Å². The third-order valence-electron chi connectivity index (χ3n) is 6.54. The van der Waals surface area contributed by atoms with E-state index in [2.05, 4.69) is 10.6 Å². The monoisotopic (exact) mass is 550 g/mol. The van der Waals surface area contributed by atoms with Gasteiger partial charge in [0.05, 0.1) is 28.6 Å². The number of anilines is 3. The Morgan fingerprint density at radius 1 is 1.08 bits per heavy atom. The number of hydrogen-bond acceptors (Lipinski definition) is 5. The number of nitrogens with two attached hydrogens (primary N) is 1. The molecule has 0 spiro atoms. The van der Waals surface area contributed by atoms with E-state index in [-0.39, 0.29) is 28.4 Å². The lowest BCUT2D eigenvalue weighted by molar-refractivity contribution is -0.120. The van der Waals surface area contributed by atoms with Crippen LogP contribution in [0.1, 0.15) is 30.9 Å². The van der Waals surface area contributed by atoms with Gasteiger partial charge in [0, 0.05) is 36.7 Å². The molecule has 204 valence electrons. The first-order valence-corrected chi connectivity index (χ1v) is 13.0. The molecule has 1 aliphatic rings. The smallest absolute Gasteiger partial charge is 0.248 e. The van der Waals surface area contributed by atoms with E-state index in [0.717, 1.165) is 17.2 Å². The summed E-state index contributed by atoms with van der Waals surface area (Å²) in [6.07, 6.45) is 3.12. The van der Waals surface area contributed by atoms with Crippen LogP contribution in [0.5, 0.6) is 0 Å². The Morgan fingerprint density at radius 2 is 1.79 bits per heavy atom. The van der Waals surface area contributed by atoms with Crippen molar-refractivity contribution in [2.75, 3.05) is 36.0 Å². The summed E-state index contributed by atoms with van der Waals surface area (Å²) in [5.74, 6) is -1.86. The number of nitrogens with zero attached hydrogens (tertiary/aromatic N) is 1. The van der Waals surface area contributed by atoms with E-state index in [1.54, 1.807) is 44.2 Å². The summed E-state index contributed by atoms with van der Waals surface area (Å²) < 4.78 is 14.3. The molecule has 0 radical (unpaired) electrons. The zero-order valence-corrected chi connectivity index (χ0v) is 22.6. The van der Waals surface area contributed by atoms with Crippen molar-refractivity contribution in [1.82, 2.24) is 4.90 Å².